The molecule has 4 rings (SSSR count). The first-order chi connectivity index (χ1) is 13.1. The highest BCUT2D eigenvalue weighted by molar-refractivity contribution is 5.85. The third-order valence-electron chi connectivity index (χ3n) is 4.96. The van der Waals surface area contributed by atoms with Crippen LogP contribution in [0, 0.1) is 0 Å². The summed E-state index contributed by atoms with van der Waals surface area (Å²) in [6.45, 7) is 3.65. The van der Waals surface area contributed by atoms with Crippen molar-refractivity contribution in [1.29, 1.82) is 0 Å². The van der Waals surface area contributed by atoms with Crippen LogP contribution in [0.2, 0.25) is 0 Å². The molecule has 1 atom stereocenters. The maximum absolute atomic E-state index is 12.3. The molecule has 1 aliphatic heterocycles. The van der Waals surface area contributed by atoms with Crippen molar-refractivity contribution in [3.8, 4) is 0 Å². The Morgan fingerprint density at radius 2 is 2.04 bits per heavy atom. The van der Waals surface area contributed by atoms with Crippen LogP contribution in [0.1, 0.15) is 24.4 Å². The molecule has 1 N–H and O–H groups in total. The highest BCUT2D eigenvalue weighted by Gasteiger charge is 2.32. The zero-order chi connectivity index (χ0) is 18.8. The van der Waals surface area contributed by atoms with Gasteiger partial charge in [0, 0.05) is 7.05 Å². The standard InChI is InChI=1S/C20H23N5O2/c1-14(19-23-21-13-24(19)2)22-20(26)25-10-17(11-25)27-12-16-8-5-7-15-6-3-4-9-18(15)16/h3-9,13-14,17H,10-12H2,1-2H3,(H,22,26)/t14-/m1/s1. The van der Waals surface area contributed by atoms with E-state index >= 15 is 0 Å². The minimum absolute atomic E-state index is 0.0693. The van der Waals surface area contributed by atoms with E-state index in [0.29, 0.717) is 19.7 Å². The van der Waals surface area contributed by atoms with Crippen molar-refractivity contribution in [2.24, 2.45) is 7.05 Å². The van der Waals surface area contributed by atoms with Gasteiger partial charge in [0.15, 0.2) is 5.82 Å². The summed E-state index contributed by atoms with van der Waals surface area (Å²) >= 11 is 0. The Kier molecular flexibility index (Phi) is 4.77. The van der Waals surface area contributed by atoms with Crippen molar-refractivity contribution < 1.29 is 9.53 Å². The number of nitrogens with zero attached hydrogens (tertiary/aromatic N) is 4. The fraction of sp³-hybridized carbons (Fsp3) is 0.350. The second-order valence-corrected chi connectivity index (χ2v) is 6.95. The van der Waals surface area contributed by atoms with Crippen LogP contribution in [0.25, 0.3) is 10.8 Å². The maximum Gasteiger partial charge on any atom is 0.318 e. The number of aromatic nitrogens is 3. The first-order valence-electron chi connectivity index (χ1n) is 9.09. The smallest absolute Gasteiger partial charge is 0.318 e. The number of fused-ring (bicyclic) bond motifs is 1. The number of benzene rings is 2. The van der Waals surface area contributed by atoms with Crippen molar-refractivity contribution in [3.63, 3.8) is 0 Å². The van der Waals surface area contributed by atoms with Crippen molar-refractivity contribution in [2.75, 3.05) is 13.1 Å². The molecule has 140 valence electrons. The highest BCUT2D eigenvalue weighted by Crippen LogP contribution is 2.21. The van der Waals surface area contributed by atoms with Crippen LogP contribution in [-0.4, -0.2) is 44.9 Å². The zero-order valence-corrected chi connectivity index (χ0v) is 15.5. The minimum Gasteiger partial charge on any atom is -0.370 e. The molecule has 0 unspecified atom stereocenters. The number of rotatable bonds is 5. The molecule has 0 spiro atoms. The third-order valence-corrected chi connectivity index (χ3v) is 4.96. The molecular weight excluding hydrogens is 342 g/mol. The van der Waals surface area contributed by atoms with E-state index in [2.05, 4.69) is 45.8 Å². The summed E-state index contributed by atoms with van der Waals surface area (Å²) in [5, 5.41) is 13.3. The number of aryl methyl sites for hydroxylation is 1. The molecule has 3 aromatic rings. The Morgan fingerprint density at radius 1 is 1.26 bits per heavy atom. The molecule has 1 saturated heterocycles. The number of hydrogen-bond acceptors (Lipinski definition) is 4. The van der Waals surface area contributed by atoms with E-state index in [1.165, 1.54) is 16.3 Å². The van der Waals surface area contributed by atoms with E-state index < -0.39 is 0 Å². The molecule has 1 aromatic heterocycles. The molecule has 1 aliphatic rings. The summed E-state index contributed by atoms with van der Waals surface area (Å²) in [6, 6.07) is 14.2. The Bertz CT molecular complexity index is 943. The van der Waals surface area contributed by atoms with Crippen LogP contribution in [0.3, 0.4) is 0 Å². The molecule has 2 aromatic carbocycles. The van der Waals surface area contributed by atoms with Crippen molar-refractivity contribution >= 4 is 16.8 Å². The molecule has 7 nitrogen and oxygen atoms in total. The summed E-state index contributed by atoms with van der Waals surface area (Å²) in [4.78, 5) is 14.1. The van der Waals surface area contributed by atoms with Gasteiger partial charge in [0.25, 0.3) is 0 Å². The second-order valence-electron chi connectivity index (χ2n) is 6.95. The predicted octanol–water partition coefficient (Wildman–Crippen LogP) is 2.64. The zero-order valence-electron chi connectivity index (χ0n) is 15.5. The number of carbonyl (C=O) groups excluding carboxylic acids is 1. The van der Waals surface area contributed by atoms with Gasteiger partial charge in [-0.2, -0.15) is 0 Å². The van der Waals surface area contributed by atoms with Crippen LogP contribution < -0.4 is 5.32 Å². The Balaban J connectivity index is 1.27. The number of carbonyl (C=O) groups is 1. The highest BCUT2D eigenvalue weighted by atomic mass is 16.5. The molecular formula is C20H23N5O2. The lowest BCUT2D eigenvalue weighted by Crippen LogP contribution is -2.57. The van der Waals surface area contributed by atoms with Gasteiger partial charge in [-0.1, -0.05) is 42.5 Å². The SMILES string of the molecule is C[C@@H](NC(=O)N1CC(OCc2cccc3ccccc23)C1)c1nncn1C. The summed E-state index contributed by atoms with van der Waals surface area (Å²) in [5.41, 5.74) is 1.17. The number of nitrogens with one attached hydrogen (secondary N) is 1. The summed E-state index contributed by atoms with van der Waals surface area (Å²) in [7, 11) is 1.86. The van der Waals surface area contributed by atoms with Crippen LogP contribution in [0.4, 0.5) is 4.79 Å². The van der Waals surface area contributed by atoms with Crippen LogP contribution in [0.5, 0.6) is 0 Å². The summed E-state index contributed by atoms with van der Waals surface area (Å²) in [6.07, 6.45) is 1.69. The summed E-state index contributed by atoms with van der Waals surface area (Å²) < 4.78 is 7.80. The van der Waals surface area contributed by atoms with Crippen molar-refractivity contribution in [1.82, 2.24) is 25.0 Å². The molecule has 0 saturated carbocycles. The van der Waals surface area contributed by atoms with E-state index in [0.717, 1.165) is 5.82 Å². The van der Waals surface area contributed by atoms with E-state index in [4.69, 9.17) is 4.74 Å². The fourth-order valence-electron chi connectivity index (χ4n) is 3.36. The quantitative estimate of drug-likeness (QED) is 0.754. The topological polar surface area (TPSA) is 72.3 Å². The van der Waals surface area contributed by atoms with Gasteiger partial charge < -0.3 is 19.5 Å². The minimum atomic E-state index is -0.194. The fourth-order valence-corrected chi connectivity index (χ4v) is 3.36. The van der Waals surface area contributed by atoms with E-state index in [9.17, 15) is 4.79 Å². The Morgan fingerprint density at radius 3 is 2.81 bits per heavy atom. The monoisotopic (exact) mass is 365 g/mol. The van der Waals surface area contributed by atoms with E-state index in [1.54, 1.807) is 15.8 Å². The lowest BCUT2D eigenvalue weighted by atomic mass is 10.1. The predicted molar refractivity (Wildman–Crippen MR) is 102 cm³/mol. The van der Waals surface area contributed by atoms with Gasteiger partial charge in [-0.15, -0.1) is 10.2 Å². The molecule has 2 amide bonds. The normalized spacial score (nSPS) is 15.6. The van der Waals surface area contributed by atoms with Gasteiger partial charge in [0.05, 0.1) is 31.8 Å². The average Bonchev–Trinajstić information content (AvgIpc) is 3.06. The average molecular weight is 365 g/mol. The Labute approximate surface area is 157 Å². The lowest BCUT2D eigenvalue weighted by molar-refractivity contribution is -0.0441. The molecule has 0 aliphatic carbocycles. The van der Waals surface area contributed by atoms with Gasteiger partial charge in [0.2, 0.25) is 0 Å². The molecule has 2 heterocycles. The lowest BCUT2D eigenvalue weighted by Gasteiger charge is -2.39. The maximum atomic E-state index is 12.3. The van der Waals surface area contributed by atoms with Crippen molar-refractivity contribution in [2.45, 2.75) is 25.7 Å². The first kappa shape index (κ1) is 17.5. The molecule has 27 heavy (non-hydrogen) atoms. The third kappa shape index (κ3) is 3.64. The number of amides is 2. The molecule has 0 radical (unpaired) electrons. The number of likely N-dealkylation sites (tertiary alicyclic amines) is 1. The number of urea groups is 1. The van der Waals surface area contributed by atoms with Gasteiger partial charge in [0.1, 0.15) is 6.33 Å². The number of ether oxygens (including phenoxy) is 1. The van der Waals surface area contributed by atoms with Gasteiger partial charge >= 0.3 is 6.03 Å². The van der Waals surface area contributed by atoms with E-state index in [-0.39, 0.29) is 18.2 Å². The van der Waals surface area contributed by atoms with Crippen molar-refractivity contribution in [3.05, 3.63) is 60.2 Å². The van der Waals surface area contributed by atoms with Gasteiger partial charge in [-0.3, -0.25) is 0 Å². The summed E-state index contributed by atoms with van der Waals surface area (Å²) in [5.74, 6) is 0.729. The molecule has 0 bridgehead atoms. The van der Waals surface area contributed by atoms with Gasteiger partial charge in [-0.05, 0) is 23.3 Å². The van der Waals surface area contributed by atoms with Gasteiger partial charge in [-0.25, -0.2) is 4.79 Å². The Hall–Kier alpha value is -2.93. The van der Waals surface area contributed by atoms with Crippen LogP contribution in [-0.2, 0) is 18.4 Å². The van der Waals surface area contributed by atoms with E-state index in [1.807, 2.05) is 26.1 Å². The van der Waals surface area contributed by atoms with Crippen LogP contribution in [0.15, 0.2) is 48.8 Å². The molecule has 7 heteroatoms. The number of hydrogen-bond donors (Lipinski definition) is 1. The molecule has 1 fully saturated rings. The first-order valence-corrected chi connectivity index (χ1v) is 9.09. The van der Waals surface area contributed by atoms with Crippen LogP contribution >= 0.6 is 0 Å². The second kappa shape index (κ2) is 7.36. The largest absolute Gasteiger partial charge is 0.370 e.